The van der Waals surface area contributed by atoms with Crippen molar-refractivity contribution in [1.29, 1.82) is 0 Å². The first-order valence-electron chi connectivity index (χ1n) is 8.16. The van der Waals surface area contributed by atoms with Gasteiger partial charge in [-0.05, 0) is 36.8 Å². The van der Waals surface area contributed by atoms with E-state index in [1.165, 1.54) is 0 Å². The first-order chi connectivity index (χ1) is 12.0. The van der Waals surface area contributed by atoms with E-state index in [1.54, 1.807) is 28.3 Å². The molecule has 1 aromatic heterocycles. The van der Waals surface area contributed by atoms with Crippen LogP contribution in [0.25, 0.3) is 11.0 Å². The molecule has 3 rings (SSSR count). The Balaban J connectivity index is 1.68. The molecule has 3 aromatic rings. The summed E-state index contributed by atoms with van der Waals surface area (Å²) in [6.07, 6.45) is 0.242. The number of para-hydroxylation sites is 2. The van der Waals surface area contributed by atoms with Gasteiger partial charge in [0.05, 0.1) is 17.1 Å². The van der Waals surface area contributed by atoms with Gasteiger partial charge < -0.3 is 5.32 Å². The van der Waals surface area contributed by atoms with E-state index in [0.717, 1.165) is 16.6 Å². The number of rotatable bonds is 5. The lowest BCUT2D eigenvalue weighted by atomic mass is 10.1. The first kappa shape index (κ1) is 17.3. The Kier molecular flexibility index (Phi) is 4.95. The number of nitrogens with one attached hydrogen (secondary N) is 1. The first-order valence-corrected chi connectivity index (χ1v) is 8.54. The Hall–Kier alpha value is -2.53. The highest BCUT2D eigenvalue weighted by molar-refractivity contribution is 6.30. The summed E-state index contributed by atoms with van der Waals surface area (Å²) in [7, 11) is 1.74. The molecule has 0 aliphatic heterocycles. The largest absolute Gasteiger partial charge is 0.350 e. The zero-order valence-electron chi connectivity index (χ0n) is 14.2. The summed E-state index contributed by atoms with van der Waals surface area (Å²) in [4.78, 5) is 24.6. The van der Waals surface area contributed by atoms with Gasteiger partial charge in [0.2, 0.25) is 5.91 Å². The van der Waals surface area contributed by atoms with Gasteiger partial charge >= 0.3 is 5.69 Å². The molecule has 130 valence electrons. The lowest BCUT2D eigenvalue weighted by Gasteiger charge is -2.14. The summed E-state index contributed by atoms with van der Waals surface area (Å²) >= 11 is 5.88. The van der Waals surface area contributed by atoms with Gasteiger partial charge in [-0.1, -0.05) is 35.9 Å². The summed E-state index contributed by atoms with van der Waals surface area (Å²) in [5.41, 5.74) is 2.58. The van der Waals surface area contributed by atoms with Crippen molar-refractivity contribution in [3.63, 3.8) is 0 Å². The predicted molar refractivity (Wildman–Crippen MR) is 99.8 cm³/mol. The number of nitrogens with zero attached hydrogens (tertiary/aromatic N) is 2. The second-order valence-electron chi connectivity index (χ2n) is 6.07. The SMILES string of the molecule is C[C@H](NC(=O)CCn1c(=O)n(C)c2ccccc21)c1ccc(Cl)cc1. The Morgan fingerprint density at radius 2 is 1.76 bits per heavy atom. The number of halogens is 1. The second kappa shape index (κ2) is 7.15. The Labute approximate surface area is 150 Å². The summed E-state index contributed by atoms with van der Waals surface area (Å²) in [6.45, 7) is 2.27. The van der Waals surface area contributed by atoms with Crippen molar-refractivity contribution in [3.8, 4) is 0 Å². The van der Waals surface area contributed by atoms with Crippen LogP contribution in [0.3, 0.4) is 0 Å². The van der Waals surface area contributed by atoms with Crippen molar-refractivity contribution in [2.75, 3.05) is 0 Å². The summed E-state index contributed by atoms with van der Waals surface area (Å²) < 4.78 is 3.24. The molecule has 0 radical (unpaired) electrons. The van der Waals surface area contributed by atoms with Crippen molar-refractivity contribution in [3.05, 3.63) is 69.6 Å². The summed E-state index contributed by atoms with van der Waals surface area (Å²) in [6, 6.07) is 14.8. The third-order valence-corrected chi connectivity index (χ3v) is 4.61. The molecule has 0 spiro atoms. The highest BCUT2D eigenvalue weighted by Gasteiger charge is 2.13. The molecule has 2 aromatic carbocycles. The molecule has 0 unspecified atom stereocenters. The maximum Gasteiger partial charge on any atom is 0.328 e. The van der Waals surface area contributed by atoms with Crippen LogP contribution in [0, 0.1) is 0 Å². The molecule has 0 saturated heterocycles. The average molecular weight is 358 g/mol. The van der Waals surface area contributed by atoms with Crippen molar-refractivity contribution >= 4 is 28.5 Å². The molecule has 0 saturated carbocycles. The third-order valence-electron chi connectivity index (χ3n) is 4.36. The number of carbonyl (C=O) groups excluding carboxylic acids is 1. The number of hydrogen-bond donors (Lipinski definition) is 1. The Morgan fingerprint density at radius 3 is 2.44 bits per heavy atom. The molecule has 25 heavy (non-hydrogen) atoms. The smallest absolute Gasteiger partial charge is 0.328 e. The molecule has 0 fully saturated rings. The van der Waals surface area contributed by atoms with Crippen LogP contribution in [0.4, 0.5) is 0 Å². The van der Waals surface area contributed by atoms with Crippen LogP contribution in [0.5, 0.6) is 0 Å². The topological polar surface area (TPSA) is 56.0 Å². The minimum absolute atomic E-state index is 0.0951. The van der Waals surface area contributed by atoms with Crippen LogP contribution in [0.1, 0.15) is 24.9 Å². The molecule has 1 atom stereocenters. The van der Waals surface area contributed by atoms with Crippen molar-refractivity contribution in [1.82, 2.24) is 14.5 Å². The molecular weight excluding hydrogens is 338 g/mol. The number of hydrogen-bond acceptors (Lipinski definition) is 2. The molecule has 5 nitrogen and oxygen atoms in total. The highest BCUT2D eigenvalue weighted by Crippen LogP contribution is 2.16. The zero-order valence-corrected chi connectivity index (χ0v) is 15.0. The van der Waals surface area contributed by atoms with E-state index in [-0.39, 0.29) is 24.1 Å². The van der Waals surface area contributed by atoms with Gasteiger partial charge in [-0.3, -0.25) is 13.9 Å². The van der Waals surface area contributed by atoms with Crippen LogP contribution in [0.2, 0.25) is 5.02 Å². The van der Waals surface area contributed by atoms with Gasteiger partial charge in [-0.2, -0.15) is 0 Å². The van der Waals surface area contributed by atoms with E-state index in [0.29, 0.717) is 11.6 Å². The molecule has 0 aliphatic carbocycles. The van der Waals surface area contributed by atoms with Gasteiger partial charge in [0.25, 0.3) is 0 Å². The molecule has 1 heterocycles. The minimum Gasteiger partial charge on any atom is -0.350 e. The van der Waals surface area contributed by atoms with Gasteiger partial charge in [0.15, 0.2) is 0 Å². The van der Waals surface area contributed by atoms with Crippen molar-refractivity contribution in [2.24, 2.45) is 7.05 Å². The maximum atomic E-state index is 12.4. The number of aryl methyl sites for hydroxylation is 2. The quantitative estimate of drug-likeness (QED) is 0.762. The lowest BCUT2D eigenvalue weighted by molar-refractivity contribution is -0.121. The maximum absolute atomic E-state index is 12.4. The van der Waals surface area contributed by atoms with Crippen molar-refractivity contribution in [2.45, 2.75) is 25.9 Å². The molecule has 0 aliphatic rings. The number of imidazole rings is 1. The third kappa shape index (κ3) is 3.61. The van der Waals surface area contributed by atoms with E-state index in [4.69, 9.17) is 11.6 Å². The molecule has 1 N–H and O–H groups in total. The van der Waals surface area contributed by atoms with Gasteiger partial charge in [-0.15, -0.1) is 0 Å². The number of carbonyl (C=O) groups is 1. The Bertz CT molecular complexity index is 957. The van der Waals surface area contributed by atoms with Crippen LogP contribution >= 0.6 is 11.6 Å². The Morgan fingerprint density at radius 1 is 1.12 bits per heavy atom. The zero-order chi connectivity index (χ0) is 18.0. The van der Waals surface area contributed by atoms with Gasteiger partial charge in [0, 0.05) is 25.0 Å². The standard InChI is InChI=1S/C19H20ClN3O2/c1-13(14-7-9-15(20)10-8-14)21-18(24)11-12-23-17-6-4-3-5-16(17)22(2)19(23)25/h3-10,13H,11-12H2,1-2H3,(H,21,24)/t13-/m0/s1. The van der Waals surface area contributed by atoms with E-state index in [1.807, 2.05) is 43.3 Å². The van der Waals surface area contributed by atoms with Gasteiger partial charge in [-0.25, -0.2) is 4.79 Å². The van der Waals surface area contributed by atoms with Crippen LogP contribution in [0.15, 0.2) is 53.3 Å². The lowest BCUT2D eigenvalue weighted by Crippen LogP contribution is -2.29. The van der Waals surface area contributed by atoms with Gasteiger partial charge in [0.1, 0.15) is 0 Å². The number of benzene rings is 2. The van der Waals surface area contributed by atoms with Crippen LogP contribution < -0.4 is 11.0 Å². The second-order valence-corrected chi connectivity index (χ2v) is 6.51. The van der Waals surface area contributed by atoms with Crippen LogP contribution in [-0.4, -0.2) is 15.0 Å². The van der Waals surface area contributed by atoms with Crippen LogP contribution in [-0.2, 0) is 18.4 Å². The molecule has 6 heteroatoms. The molecule has 0 bridgehead atoms. The number of amides is 1. The number of fused-ring (bicyclic) bond motifs is 1. The predicted octanol–water partition coefficient (Wildman–Crippen LogP) is 3.26. The normalized spacial score (nSPS) is 12.3. The number of aromatic nitrogens is 2. The summed E-state index contributed by atoms with van der Waals surface area (Å²) in [5.74, 6) is -0.0951. The fraction of sp³-hybridized carbons (Fsp3) is 0.263. The average Bonchev–Trinajstić information content (AvgIpc) is 2.85. The minimum atomic E-state index is -0.117. The fourth-order valence-corrected chi connectivity index (χ4v) is 3.07. The van der Waals surface area contributed by atoms with E-state index >= 15 is 0 Å². The monoisotopic (exact) mass is 357 g/mol. The van der Waals surface area contributed by atoms with Crippen molar-refractivity contribution < 1.29 is 4.79 Å². The molecular formula is C19H20ClN3O2. The fourth-order valence-electron chi connectivity index (χ4n) is 2.94. The molecule has 1 amide bonds. The van der Waals surface area contributed by atoms with E-state index < -0.39 is 0 Å². The van der Waals surface area contributed by atoms with E-state index in [9.17, 15) is 9.59 Å². The summed E-state index contributed by atoms with van der Waals surface area (Å²) in [5, 5.41) is 3.62. The highest BCUT2D eigenvalue weighted by atomic mass is 35.5. The van der Waals surface area contributed by atoms with E-state index in [2.05, 4.69) is 5.32 Å².